The fourth-order valence-corrected chi connectivity index (χ4v) is 1.71. The third-order valence-electron chi connectivity index (χ3n) is 2.79. The molecule has 17 heavy (non-hydrogen) atoms. The van der Waals surface area contributed by atoms with E-state index in [1.54, 1.807) is 0 Å². The number of aromatic nitrogens is 2. The largest absolute Gasteiger partial charge is 0.312 e. The van der Waals surface area contributed by atoms with Crippen LogP contribution in [0.1, 0.15) is 16.7 Å². The van der Waals surface area contributed by atoms with Crippen LogP contribution in [0.3, 0.4) is 0 Å². The molecule has 3 nitrogen and oxygen atoms in total. The molecule has 0 aliphatic carbocycles. The molecule has 0 aliphatic rings. The summed E-state index contributed by atoms with van der Waals surface area (Å²) in [5.74, 6) is 0. The molecular formula is C14H17N3. The molecule has 2 aromatic rings. The van der Waals surface area contributed by atoms with Crippen LogP contribution in [0.25, 0.3) is 0 Å². The van der Waals surface area contributed by atoms with Crippen LogP contribution in [0.5, 0.6) is 0 Å². The molecule has 3 heteroatoms. The Kier molecular flexibility index (Phi) is 4.22. The quantitative estimate of drug-likeness (QED) is 0.795. The first-order valence-electron chi connectivity index (χ1n) is 5.85. The standard InChI is InChI=1S/C14H17N3/c1-12-10-16-9-5-14(12)11-17-8-4-13-2-6-15-7-3-13/h2-3,5-7,9-10,17H,4,8,11H2,1H3. The van der Waals surface area contributed by atoms with Crippen molar-refractivity contribution in [1.82, 2.24) is 15.3 Å². The number of rotatable bonds is 5. The van der Waals surface area contributed by atoms with Crippen LogP contribution in [0.2, 0.25) is 0 Å². The van der Waals surface area contributed by atoms with Crippen molar-refractivity contribution in [1.29, 1.82) is 0 Å². The molecule has 2 aromatic heterocycles. The van der Waals surface area contributed by atoms with Gasteiger partial charge in [-0.15, -0.1) is 0 Å². The average molecular weight is 227 g/mol. The fourth-order valence-electron chi connectivity index (χ4n) is 1.71. The summed E-state index contributed by atoms with van der Waals surface area (Å²) in [7, 11) is 0. The SMILES string of the molecule is Cc1cnccc1CNCCc1ccncc1. The average Bonchev–Trinajstić information content (AvgIpc) is 2.38. The molecule has 0 radical (unpaired) electrons. The summed E-state index contributed by atoms with van der Waals surface area (Å²) in [4.78, 5) is 8.09. The molecule has 0 unspecified atom stereocenters. The fraction of sp³-hybridized carbons (Fsp3) is 0.286. The Hall–Kier alpha value is -1.74. The van der Waals surface area contributed by atoms with Crippen molar-refractivity contribution in [2.45, 2.75) is 19.9 Å². The van der Waals surface area contributed by atoms with Gasteiger partial charge in [-0.25, -0.2) is 0 Å². The van der Waals surface area contributed by atoms with Gasteiger partial charge in [0.25, 0.3) is 0 Å². The van der Waals surface area contributed by atoms with Crippen molar-refractivity contribution in [2.24, 2.45) is 0 Å². The number of aryl methyl sites for hydroxylation is 1. The van der Waals surface area contributed by atoms with Crippen LogP contribution in [-0.4, -0.2) is 16.5 Å². The van der Waals surface area contributed by atoms with Crippen molar-refractivity contribution in [3.05, 3.63) is 59.7 Å². The second-order valence-corrected chi connectivity index (χ2v) is 4.08. The monoisotopic (exact) mass is 227 g/mol. The molecule has 0 amide bonds. The molecule has 2 heterocycles. The molecule has 0 saturated heterocycles. The molecule has 2 rings (SSSR count). The van der Waals surface area contributed by atoms with Gasteiger partial charge >= 0.3 is 0 Å². The Labute approximate surface area is 102 Å². The third kappa shape index (κ3) is 3.64. The smallest absolute Gasteiger partial charge is 0.0300 e. The van der Waals surface area contributed by atoms with Crippen LogP contribution in [0.4, 0.5) is 0 Å². The molecule has 0 aliphatic heterocycles. The molecule has 0 atom stereocenters. The van der Waals surface area contributed by atoms with Crippen molar-refractivity contribution in [2.75, 3.05) is 6.54 Å². The van der Waals surface area contributed by atoms with E-state index in [9.17, 15) is 0 Å². The minimum absolute atomic E-state index is 0.902. The molecular weight excluding hydrogens is 210 g/mol. The molecule has 0 saturated carbocycles. The first-order chi connectivity index (χ1) is 8.36. The predicted molar refractivity (Wildman–Crippen MR) is 68.6 cm³/mol. The maximum atomic E-state index is 4.09. The summed E-state index contributed by atoms with van der Waals surface area (Å²) >= 11 is 0. The Balaban J connectivity index is 1.76. The van der Waals surface area contributed by atoms with E-state index in [4.69, 9.17) is 0 Å². The summed E-state index contributed by atoms with van der Waals surface area (Å²) in [6, 6.07) is 6.17. The second-order valence-electron chi connectivity index (χ2n) is 4.08. The lowest BCUT2D eigenvalue weighted by Crippen LogP contribution is -2.17. The van der Waals surface area contributed by atoms with Crippen molar-refractivity contribution < 1.29 is 0 Å². The van der Waals surface area contributed by atoms with Gasteiger partial charge in [0.15, 0.2) is 0 Å². The second kappa shape index (κ2) is 6.11. The number of nitrogens with zero attached hydrogens (tertiary/aromatic N) is 2. The Morgan fingerprint density at radius 3 is 2.59 bits per heavy atom. The van der Waals surface area contributed by atoms with Gasteiger partial charge in [-0.3, -0.25) is 9.97 Å². The van der Waals surface area contributed by atoms with Crippen molar-refractivity contribution in [3.8, 4) is 0 Å². The zero-order chi connectivity index (χ0) is 11.9. The van der Waals surface area contributed by atoms with Crippen LogP contribution in [-0.2, 0) is 13.0 Å². The molecule has 0 fully saturated rings. The first kappa shape index (κ1) is 11.7. The van der Waals surface area contributed by atoms with Gasteiger partial charge in [0, 0.05) is 31.3 Å². The zero-order valence-corrected chi connectivity index (χ0v) is 10.1. The summed E-state index contributed by atoms with van der Waals surface area (Å²) in [6.45, 7) is 3.97. The van der Waals surface area contributed by atoms with E-state index >= 15 is 0 Å². The highest BCUT2D eigenvalue weighted by atomic mass is 14.8. The van der Waals surface area contributed by atoms with E-state index in [0.717, 1.165) is 19.5 Å². The minimum Gasteiger partial charge on any atom is -0.312 e. The van der Waals surface area contributed by atoms with Gasteiger partial charge in [0.2, 0.25) is 0 Å². The van der Waals surface area contributed by atoms with E-state index in [0.29, 0.717) is 0 Å². The van der Waals surface area contributed by atoms with E-state index in [1.165, 1.54) is 16.7 Å². The lowest BCUT2D eigenvalue weighted by atomic mass is 10.1. The molecule has 0 aromatic carbocycles. The highest BCUT2D eigenvalue weighted by Gasteiger charge is 1.97. The molecule has 0 spiro atoms. The first-order valence-corrected chi connectivity index (χ1v) is 5.85. The number of hydrogen-bond acceptors (Lipinski definition) is 3. The number of pyridine rings is 2. The Morgan fingerprint density at radius 1 is 1.06 bits per heavy atom. The van der Waals surface area contributed by atoms with Gasteiger partial charge in [-0.1, -0.05) is 0 Å². The van der Waals surface area contributed by atoms with Crippen molar-refractivity contribution in [3.63, 3.8) is 0 Å². The van der Waals surface area contributed by atoms with Crippen LogP contribution >= 0.6 is 0 Å². The number of hydrogen-bond donors (Lipinski definition) is 1. The number of nitrogens with one attached hydrogen (secondary N) is 1. The molecule has 0 bridgehead atoms. The third-order valence-corrected chi connectivity index (χ3v) is 2.79. The highest BCUT2D eigenvalue weighted by molar-refractivity contribution is 5.21. The van der Waals surface area contributed by atoms with Crippen LogP contribution in [0, 0.1) is 6.92 Å². The van der Waals surface area contributed by atoms with Gasteiger partial charge < -0.3 is 5.32 Å². The van der Waals surface area contributed by atoms with Gasteiger partial charge in [0.05, 0.1) is 0 Å². The summed E-state index contributed by atoms with van der Waals surface area (Å²) in [5.41, 5.74) is 3.87. The van der Waals surface area contributed by atoms with E-state index in [1.807, 2.05) is 24.8 Å². The lowest BCUT2D eigenvalue weighted by molar-refractivity contribution is 0.683. The summed E-state index contributed by atoms with van der Waals surface area (Å²) in [6.07, 6.45) is 8.45. The predicted octanol–water partition coefficient (Wildman–Crippen LogP) is 2.12. The van der Waals surface area contributed by atoms with Crippen LogP contribution < -0.4 is 5.32 Å². The maximum absolute atomic E-state index is 4.09. The summed E-state index contributed by atoms with van der Waals surface area (Å²) < 4.78 is 0. The van der Waals surface area contributed by atoms with Crippen molar-refractivity contribution >= 4 is 0 Å². The normalized spacial score (nSPS) is 10.4. The zero-order valence-electron chi connectivity index (χ0n) is 10.1. The minimum atomic E-state index is 0.902. The molecule has 88 valence electrons. The lowest BCUT2D eigenvalue weighted by Gasteiger charge is -2.07. The Morgan fingerprint density at radius 2 is 1.82 bits per heavy atom. The topological polar surface area (TPSA) is 37.8 Å². The highest BCUT2D eigenvalue weighted by Crippen LogP contribution is 2.04. The van der Waals surface area contributed by atoms with Gasteiger partial charge in [-0.05, 0) is 54.8 Å². The van der Waals surface area contributed by atoms with E-state index in [-0.39, 0.29) is 0 Å². The molecule has 1 N–H and O–H groups in total. The Bertz CT molecular complexity index is 454. The van der Waals surface area contributed by atoms with E-state index < -0.39 is 0 Å². The van der Waals surface area contributed by atoms with E-state index in [2.05, 4.69) is 40.4 Å². The maximum Gasteiger partial charge on any atom is 0.0300 e. The summed E-state index contributed by atoms with van der Waals surface area (Å²) in [5, 5.41) is 3.44. The van der Waals surface area contributed by atoms with Gasteiger partial charge in [0.1, 0.15) is 0 Å². The van der Waals surface area contributed by atoms with Gasteiger partial charge in [-0.2, -0.15) is 0 Å². The van der Waals surface area contributed by atoms with Crippen LogP contribution in [0.15, 0.2) is 43.0 Å².